The Morgan fingerprint density at radius 3 is 2.35 bits per heavy atom. The Morgan fingerprint density at radius 2 is 1.73 bits per heavy atom. The number of likely N-dealkylation sites (tertiary alicyclic amines) is 1. The zero-order valence-electron chi connectivity index (χ0n) is 15.4. The molecule has 2 aromatic rings. The van der Waals surface area contributed by atoms with Crippen molar-refractivity contribution in [3.05, 3.63) is 60.2 Å². The first-order valence-electron chi connectivity index (χ1n) is 8.99. The SMILES string of the molecule is COC(C(=O)Nc1ccc(OC2CCN(C)CC2)cc1)c1ccccc1. The predicted molar refractivity (Wildman–Crippen MR) is 102 cm³/mol. The van der Waals surface area contributed by atoms with Gasteiger partial charge in [-0.15, -0.1) is 0 Å². The Hall–Kier alpha value is -2.37. The summed E-state index contributed by atoms with van der Waals surface area (Å²) < 4.78 is 11.4. The van der Waals surface area contributed by atoms with Crippen LogP contribution in [-0.4, -0.2) is 44.2 Å². The Balaban J connectivity index is 1.57. The summed E-state index contributed by atoms with van der Waals surface area (Å²) in [5.74, 6) is 0.645. The monoisotopic (exact) mass is 354 g/mol. The minimum absolute atomic E-state index is 0.192. The average molecular weight is 354 g/mol. The van der Waals surface area contributed by atoms with Gasteiger partial charge in [0.1, 0.15) is 11.9 Å². The van der Waals surface area contributed by atoms with Crippen molar-refractivity contribution >= 4 is 11.6 Å². The van der Waals surface area contributed by atoms with Gasteiger partial charge in [0.25, 0.3) is 5.91 Å². The molecule has 0 aliphatic carbocycles. The van der Waals surface area contributed by atoms with Crippen LogP contribution in [0.2, 0.25) is 0 Å². The van der Waals surface area contributed by atoms with Crippen molar-refractivity contribution in [2.75, 3.05) is 32.6 Å². The molecule has 0 bridgehead atoms. The maximum atomic E-state index is 12.5. The van der Waals surface area contributed by atoms with E-state index in [4.69, 9.17) is 9.47 Å². The molecular weight excluding hydrogens is 328 g/mol. The predicted octanol–water partition coefficient (Wildman–Crippen LogP) is 3.49. The molecule has 3 rings (SSSR count). The number of benzene rings is 2. The number of amides is 1. The van der Waals surface area contributed by atoms with Crippen LogP contribution in [0.5, 0.6) is 5.75 Å². The number of piperidine rings is 1. The van der Waals surface area contributed by atoms with Crippen LogP contribution in [0.15, 0.2) is 54.6 Å². The van der Waals surface area contributed by atoms with Crippen molar-refractivity contribution in [3.63, 3.8) is 0 Å². The number of carbonyl (C=O) groups excluding carboxylic acids is 1. The molecule has 5 nitrogen and oxygen atoms in total. The van der Waals surface area contributed by atoms with Crippen LogP contribution in [0.25, 0.3) is 0 Å². The van der Waals surface area contributed by atoms with Gasteiger partial charge in [0.2, 0.25) is 0 Å². The molecule has 0 saturated carbocycles. The lowest BCUT2D eigenvalue weighted by Crippen LogP contribution is -2.35. The van der Waals surface area contributed by atoms with Gasteiger partial charge in [-0.1, -0.05) is 30.3 Å². The van der Waals surface area contributed by atoms with Gasteiger partial charge in [0.05, 0.1) is 0 Å². The second-order valence-electron chi connectivity index (χ2n) is 6.66. The fourth-order valence-corrected chi connectivity index (χ4v) is 3.14. The second-order valence-corrected chi connectivity index (χ2v) is 6.66. The van der Waals surface area contributed by atoms with Crippen molar-refractivity contribution in [1.82, 2.24) is 4.90 Å². The largest absolute Gasteiger partial charge is 0.490 e. The molecule has 1 N–H and O–H groups in total. The topological polar surface area (TPSA) is 50.8 Å². The molecule has 0 aromatic heterocycles. The van der Waals surface area contributed by atoms with Gasteiger partial charge in [0.15, 0.2) is 6.10 Å². The quantitative estimate of drug-likeness (QED) is 0.863. The van der Waals surface area contributed by atoms with E-state index in [1.807, 2.05) is 54.6 Å². The Kier molecular flexibility index (Phi) is 6.26. The van der Waals surface area contributed by atoms with E-state index in [2.05, 4.69) is 17.3 Å². The Bertz CT molecular complexity index is 695. The van der Waals surface area contributed by atoms with Crippen molar-refractivity contribution in [3.8, 4) is 5.75 Å². The molecule has 138 valence electrons. The van der Waals surface area contributed by atoms with Gasteiger partial charge < -0.3 is 19.7 Å². The molecule has 1 heterocycles. The third kappa shape index (κ3) is 4.84. The van der Waals surface area contributed by atoms with E-state index < -0.39 is 6.10 Å². The van der Waals surface area contributed by atoms with Crippen LogP contribution >= 0.6 is 0 Å². The van der Waals surface area contributed by atoms with Gasteiger partial charge in [-0.2, -0.15) is 0 Å². The van der Waals surface area contributed by atoms with Gasteiger partial charge in [-0.05, 0) is 49.7 Å². The van der Waals surface area contributed by atoms with Crippen LogP contribution in [0.3, 0.4) is 0 Å². The first-order valence-corrected chi connectivity index (χ1v) is 8.99. The normalized spacial score (nSPS) is 16.8. The molecule has 1 amide bonds. The fourth-order valence-electron chi connectivity index (χ4n) is 3.14. The first kappa shape index (κ1) is 18.4. The van der Waals surface area contributed by atoms with Gasteiger partial charge in [-0.25, -0.2) is 0 Å². The second kappa shape index (κ2) is 8.83. The van der Waals surface area contributed by atoms with Crippen molar-refractivity contribution in [1.29, 1.82) is 0 Å². The summed E-state index contributed by atoms with van der Waals surface area (Å²) in [6.45, 7) is 2.13. The number of anilines is 1. The molecule has 2 aromatic carbocycles. The molecule has 26 heavy (non-hydrogen) atoms. The highest BCUT2D eigenvalue weighted by molar-refractivity contribution is 5.94. The number of rotatable bonds is 6. The number of methoxy groups -OCH3 is 1. The summed E-state index contributed by atoms with van der Waals surface area (Å²) in [6.07, 6.45) is 1.72. The summed E-state index contributed by atoms with van der Waals surface area (Å²) in [5, 5.41) is 2.90. The average Bonchev–Trinajstić information content (AvgIpc) is 2.67. The number of nitrogens with zero attached hydrogens (tertiary/aromatic N) is 1. The van der Waals surface area contributed by atoms with Crippen LogP contribution in [0.1, 0.15) is 24.5 Å². The molecule has 1 atom stereocenters. The summed E-state index contributed by atoms with van der Waals surface area (Å²) >= 11 is 0. The number of nitrogens with one attached hydrogen (secondary N) is 1. The van der Waals surface area contributed by atoms with E-state index in [0.717, 1.165) is 42.9 Å². The van der Waals surface area contributed by atoms with E-state index in [1.165, 1.54) is 7.11 Å². The molecule has 0 spiro atoms. The maximum Gasteiger partial charge on any atom is 0.258 e. The van der Waals surface area contributed by atoms with E-state index >= 15 is 0 Å². The number of carbonyl (C=O) groups is 1. The Labute approximate surface area is 154 Å². The number of hydrogen-bond acceptors (Lipinski definition) is 4. The highest BCUT2D eigenvalue weighted by Crippen LogP contribution is 2.23. The van der Waals surface area contributed by atoms with E-state index in [9.17, 15) is 4.79 Å². The number of ether oxygens (including phenoxy) is 2. The summed E-state index contributed by atoms with van der Waals surface area (Å²) in [4.78, 5) is 14.8. The van der Waals surface area contributed by atoms with Gasteiger partial charge in [-0.3, -0.25) is 4.79 Å². The van der Waals surface area contributed by atoms with Crippen molar-refractivity contribution in [2.24, 2.45) is 0 Å². The van der Waals surface area contributed by atoms with E-state index in [-0.39, 0.29) is 12.0 Å². The van der Waals surface area contributed by atoms with Crippen molar-refractivity contribution in [2.45, 2.75) is 25.0 Å². The highest BCUT2D eigenvalue weighted by atomic mass is 16.5. The maximum absolute atomic E-state index is 12.5. The van der Waals surface area contributed by atoms with Crippen molar-refractivity contribution < 1.29 is 14.3 Å². The third-order valence-corrected chi connectivity index (χ3v) is 4.67. The van der Waals surface area contributed by atoms with Crippen LogP contribution in [0.4, 0.5) is 5.69 Å². The molecular formula is C21H26N2O3. The minimum Gasteiger partial charge on any atom is -0.490 e. The molecule has 1 unspecified atom stereocenters. The summed E-state index contributed by atoms with van der Waals surface area (Å²) in [7, 11) is 3.67. The Morgan fingerprint density at radius 1 is 1.08 bits per heavy atom. The lowest BCUT2D eigenvalue weighted by molar-refractivity contribution is -0.126. The summed E-state index contributed by atoms with van der Waals surface area (Å²) in [6, 6.07) is 17.0. The number of hydrogen-bond donors (Lipinski definition) is 1. The highest BCUT2D eigenvalue weighted by Gasteiger charge is 2.20. The molecule has 0 radical (unpaired) electrons. The summed E-state index contributed by atoms with van der Waals surface area (Å²) in [5.41, 5.74) is 1.55. The molecule has 1 aliphatic rings. The lowest BCUT2D eigenvalue weighted by Gasteiger charge is -2.29. The van der Waals surface area contributed by atoms with Crippen LogP contribution < -0.4 is 10.1 Å². The van der Waals surface area contributed by atoms with E-state index in [0.29, 0.717) is 0 Å². The van der Waals surface area contributed by atoms with Crippen LogP contribution in [0, 0.1) is 0 Å². The zero-order chi connectivity index (χ0) is 18.4. The minimum atomic E-state index is -0.633. The van der Waals surface area contributed by atoms with E-state index in [1.54, 1.807) is 0 Å². The standard InChI is InChI=1S/C21H26N2O3/c1-23-14-12-19(13-15-23)26-18-10-8-17(9-11-18)22-21(24)20(25-2)16-6-4-3-5-7-16/h3-11,19-20H,12-15H2,1-2H3,(H,22,24). The molecule has 5 heteroatoms. The molecule has 1 saturated heterocycles. The van der Waals surface area contributed by atoms with Crippen LogP contribution in [-0.2, 0) is 9.53 Å². The molecule has 1 aliphatic heterocycles. The van der Waals surface area contributed by atoms with Gasteiger partial charge in [0, 0.05) is 25.9 Å². The fraction of sp³-hybridized carbons (Fsp3) is 0.381. The first-order chi connectivity index (χ1) is 12.7. The molecule has 1 fully saturated rings. The lowest BCUT2D eigenvalue weighted by atomic mass is 10.1. The smallest absolute Gasteiger partial charge is 0.258 e. The van der Waals surface area contributed by atoms with Gasteiger partial charge >= 0.3 is 0 Å². The third-order valence-electron chi connectivity index (χ3n) is 4.67. The zero-order valence-corrected chi connectivity index (χ0v) is 15.4.